The molecule has 0 aromatic heterocycles. The number of fused-ring (bicyclic) bond motifs is 1. The average molecular weight is 650 g/mol. The molecule has 3 heterocycles. The third-order valence-electron chi connectivity index (χ3n) is 10.0. The van der Waals surface area contributed by atoms with Gasteiger partial charge in [0.15, 0.2) is 0 Å². The number of hydrogen-bond donors (Lipinski definition) is 1. The largest absolute Gasteiger partial charge is 0.394 e. The number of halogens is 1. The molecule has 1 N–H and O–H groups in total. The van der Waals surface area contributed by atoms with Gasteiger partial charge in [0.25, 0.3) is 5.91 Å². The topological polar surface area (TPSA) is 81.2 Å². The maximum Gasteiger partial charge on any atom is 0.251 e. The summed E-state index contributed by atoms with van der Waals surface area (Å²) >= 11 is 8.34. The van der Waals surface area contributed by atoms with Crippen molar-refractivity contribution in [2.75, 3.05) is 24.6 Å². The van der Waals surface area contributed by atoms with E-state index in [-0.39, 0.29) is 42.0 Å². The lowest BCUT2D eigenvalue weighted by Gasteiger charge is -2.41. The SMILES string of the molecule is C=CCN(Cc1ccccc1)C(=O)[C@@H]1[C@H]2C(=O)N([C@@H](CO)[C@@H](C)CC)C(C(=O)N(CC=C)c3c(C)cccc3Cl)C23CC[C@H]1S3. The molecule has 2 aromatic carbocycles. The van der Waals surface area contributed by atoms with E-state index in [1.54, 1.807) is 44.7 Å². The summed E-state index contributed by atoms with van der Waals surface area (Å²) in [7, 11) is 0. The number of anilines is 1. The Kier molecular flexibility index (Phi) is 10.2. The van der Waals surface area contributed by atoms with Crippen molar-refractivity contribution in [3.63, 3.8) is 0 Å². The lowest BCUT2D eigenvalue weighted by Crippen LogP contribution is -2.59. The number of rotatable bonds is 13. The summed E-state index contributed by atoms with van der Waals surface area (Å²) in [6.45, 7) is 14.4. The summed E-state index contributed by atoms with van der Waals surface area (Å²) in [4.78, 5) is 49.4. The fourth-order valence-electron chi connectivity index (χ4n) is 7.76. The molecule has 2 aromatic rings. The second-order valence-corrected chi connectivity index (χ2v) is 14.6. The highest BCUT2D eigenvalue weighted by atomic mass is 35.5. The van der Waals surface area contributed by atoms with Crippen LogP contribution >= 0.6 is 23.4 Å². The molecule has 3 aliphatic rings. The van der Waals surface area contributed by atoms with Crippen LogP contribution in [-0.2, 0) is 20.9 Å². The number of carbonyl (C=O) groups is 3. The van der Waals surface area contributed by atoms with E-state index in [1.807, 2.05) is 63.2 Å². The van der Waals surface area contributed by atoms with Gasteiger partial charge in [0.1, 0.15) is 6.04 Å². The molecule has 240 valence electrons. The zero-order valence-electron chi connectivity index (χ0n) is 26.4. The van der Waals surface area contributed by atoms with E-state index >= 15 is 4.79 Å². The molecular weight excluding hydrogens is 606 g/mol. The lowest BCUT2D eigenvalue weighted by molar-refractivity contribution is -0.146. The number of hydrogen-bond acceptors (Lipinski definition) is 5. The van der Waals surface area contributed by atoms with E-state index in [4.69, 9.17) is 11.6 Å². The maximum atomic E-state index is 15.0. The van der Waals surface area contributed by atoms with Crippen molar-refractivity contribution in [1.29, 1.82) is 0 Å². The van der Waals surface area contributed by atoms with Gasteiger partial charge in [-0.3, -0.25) is 14.4 Å². The first kappa shape index (κ1) is 33.3. The summed E-state index contributed by atoms with van der Waals surface area (Å²) in [5, 5.41) is 11.1. The smallest absolute Gasteiger partial charge is 0.251 e. The number of thioether (sulfide) groups is 1. The minimum Gasteiger partial charge on any atom is -0.394 e. The van der Waals surface area contributed by atoms with Crippen LogP contribution in [0.1, 0.15) is 44.2 Å². The fraction of sp³-hybridized carbons (Fsp3) is 0.472. The minimum atomic E-state index is -0.869. The second kappa shape index (κ2) is 13.7. The second-order valence-electron chi connectivity index (χ2n) is 12.6. The zero-order valence-corrected chi connectivity index (χ0v) is 28.0. The van der Waals surface area contributed by atoms with Gasteiger partial charge in [-0.1, -0.05) is 86.5 Å². The van der Waals surface area contributed by atoms with Crippen LogP contribution in [0, 0.1) is 24.7 Å². The molecule has 3 aliphatic heterocycles. The highest BCUT2D eigenvalue weighted by Crippen LogP contribution is 2.67. The molecule has 45 heavy (non-hydrogen) atoms. The Labute approximate surface area is 276 Å². The molecular formula is C36H44ClN3O4S. The first-order valence-corrected chi connectivity index (χ1v) is 17.1. The van der Waals surface area contributed by atoms with Crippen LogP contribution < -0.4 is 4.90 Å². The molecule has 2 bridgehead atoms. The van der Waals surface area contributed by atoms with Crippen molar-refractivity contribution in [2.45, 2.75) is 68.7 Å². The van der Waals surface area contributed by atoms with Gasteiger partial charge in [0.2, 0.25) is 11.8 Å². The molecule has 3 fully saturated rings. The molecule has 0 saturated carbocycles. The number of amides is 3. The highest BCUT2D eigenvalue weighted by Gasteiger charge is 2.75. The van der Waals surface area contributed by atoms with Gasteiger partial charge in [-0.25, -0.2) is 0 Å². The summed E-state index contributed by atoms with van der Waals surface area (Å²) in [5.41, 5.74) is 2.42. The van der Waals surface area contributed by atoms with E-state index < -0.39 is 28.7 Å². The average Bonchev–Trinajstić information content (AvgIpc) is 3.68. The van der Waals surface area contributed by atoms with Crippen LogP contribution in [0.15, 0.2) is 73.8 Å². The number of aryl methyl sites for hydroxylation is 1. The molecule has 3 amide bonds. The van der Waals surface area contributed by atoms with Crippen LogP contribution in [0.5, 0.6) is 0 Å². The predicted molar refractivity (Wildman–Crippen MR) is 182 cm³/mol. The molecule has 7 atom stereocenters. The number of nitrogens with zero attached hydrogens (tertiary/aromatic N) is 3. The summed E-state index contributed by atoms with van der Waals surface area (Å²) < 4.78 is -0.804. The van der Waals surface area contributed by atoms with E-state index in [1.165, 1.54) is 0 Å². The normalized spacial score (nSPS) is 26.3. The van der Waals surface area contributed by atoms with E-state index in [0.717, 1.165) is 24.0 Å². The zero-order chi connectivity index (χ0) is 32.5. The molecule has 1 spiro atoms. The van der Waals surface area contributed by atoms with Crippen LogP contribution in [0.4, 0.5) is 5.69 Å². The number of benzene rings is 2. The van der Waals surface area contributed by atoms with Gasteiger partial charge >= 0.3 is 0 Å². The number of likely N-dealkylation sites (tertiary alicyclic amines) is 1. The van der Waals surface area contributed by atoms with E-state index in [9.17, 15) is 14.7 Å². The molecule has 0 radical (unpaired) electrons. The Morgan fingerprint density at radius 2 is 1.84 bits per heavy atom. The highest BCUT2D eigenvalue weighted by molar-refractivity contribution is 8.02. The third kappa shape index (κ3) is 5.74. The van der Waals surface area contributed by atoms with Gasteiger partial charge in [-0.2, -0.15) is 0 Å². The van der Waals surface area contributed by atoms with Gasteiger partial charge in [0.05, 0.1) is 39.9 Å². The maximum absolute atomic E-state index is 15.0. The van der Waals surface area contributed by atoms with E-state index in [2.05, 4.69) is 13.2 Å². The van der Waals surface area contributed by atoms with Gasteiger partial charge in [-0.05, 0) is 42.9 Å². The Bertz CT molecular complexity index is 1430. The Morgan fingerprint density at radius 1 is 1.13 bits per heavy atom. The van der Waals surface area contributed by atoms with Crippen molar-refractivity contribution in [1.82, 2.24) is 9.80 Å². The summed E-state index contributed by atoms with van der Waals surface area (Å²) in [5.74, 6) is -1.87. The first-order chi connectivity index (χ1) is 21.6. The molecule has 0 aliphatic carbocycles. The van der Waals surface area contributed by atoms with Crippen molar-refractivity contribution < 1.29 is 19.5 Å². The monoisotopic (exact) mass is 649 g/mol. The van der Waals surface area contributed by atoms with Crippen molar-refractivity contribution in [3.8, 4) is 0 Å². The quantitative estimate of drug-likeness (QED) is 0.274. The minimum absolute atomic E-state index is 0.0638. The lowest BCUT2D eigenvalue weighted by atomic mass is 9.70. The van der Waals surface area contributed by atoms with Crippen molar-refractivity contribution in [3.05, 3.63) is 90.0 Å². The Morgan fingerprint density at radius 3 is 2.47 bits per heavy atom. The number of aliphatic hydroxyl groups excluding tert-OH is 1. The van der Waals surface area contributed by atoms with Crippen LogP contribution in [0.3, 0.4) is 0 Å². The molecule has 5 rings (SSSR count). The van der Waals surface area contributed by atoms with Crippen LogP contribution in [0.25, 0.3) is 0 Å². The van der Waals surface area contributed by atoms with Crippen LogP contribution in [0.2, 0.25) is 5.02 Å². The standard InChI is InChI=1S/C36H44ClN3O4S/c1-6-19-38(21-25-14-10-9-11-15-25)33(42)29-28-17-18-36(45-28)30(29)34(43)40(27(22-41)23(4)8-3)32(36)35(44)39(20-7-2)31-24(5)13-12-16-26(31)37/h6-7,9-16,23,27-30,32,41H,1-2,8,17-22H2,3-5H3/t23-,27-,28+,29-,30-,32?,36?/m0/s1. The van der Waals surface area contributed by atoms with Gasteiger partial charge < -0.3 is 19.8 Å². The molecule has 2 unspecified atom stereocenters. The summed E-state index contributed by atoms with van der Waals surface area (Å²) in [6.07, 6.45) is 5.47. The first-order valence-electron chi connectivity index (χ1n) is 15.9. The van der Waals surface area contributed by atoms with Crippen molar-refractivity contribution in [2.24, 2.45) is 17.8 Å². The van der Waals surface area contributed by atoms with Gasteiger partial charge in [-0.15, -0.1) is 24.9 Å². The predicted octanol–water partition coefficient (Wildman–Crippen LogP) is 5.88. The number of para-hydroxylation sites is 1. The summed E-state index contributed by atoms with van der Waals surface area (Å²) in [6, 6.07) is 13.9. The third-order valence-corrected chi connectivity index (χ3v) is 12.3. The molecule has 7 nitrogen and oxygen atoms in total. The Hall–Kier alpha value is -3.07. The Balaban J connectivity index is 1.61. The number of carbonyl (C=O) groups excluding carboxylic acids is 3. The van der Waals surface area contributed by atoms with E-state index in [0.29, 0.717) is 30.2 Å². The fourth-order valence-corrected chi connectivity index (χ4v) is 10.3. The van der Waals surface area contributed by atoms with Crippen molar-refractivity contribution >= 4 is 46.8 Å². The molecule has 9 heteroatoms. The number of aliphatic hydroxyl groups is 1. The van der Waals surface area contributed by atoms with Crippen LogP contribution in [-0.4, -0.2) is 74.4 Å². The molecule has 3 saturated heterocycles. The van der Waals surface area contributed by atoms with Gasteiger partial charge in [0, 0.05) is 24.9 Å².